The molecule has 1 atom stereocenters. The van der Waals surface area contributed by atoms with Crippen molar-refractivity contribution in [3.63, 3.8) is 0 Å². The number of carbonyl (C=O) groups is 1. The normalized spacial score (nSPS) is 11.8. The summed E-state index contributed by atoms with van der Waals surface area (Å²) >= 11 is 0. The highest BCUT2D eigenvalue weighted by atomic mass is 16.5. The van der Waals surface area contributed by atoms with Crippen LogP contribution in [0.15, 0.2) is 54.6 Å². The summed E-state index contributed by atoms with van der Waals surface area (Å²) in [5.74, 6) is 0.473. The minimum absolute atomic E-state index is 0.271. The van der Waals surface area contributed by atoms with Gasteiger partial charge in [0.15, 0.2) is 0 Å². The topological polar surface area (TPSA) is 26.3 Å². The Morgan fingerprint density at radius 2 is 1.65 bits per heavy atom. The predicted molar refractivity (Wildman–Crippen MR) is 67.3 cm³/mol. The summed E-state index contributed by atoms with van der Waals surface area (Å²) in [6.45, 7) is 0. The molecule has 0 aliphatic carbocycles. The first-order valence-electron chi connectivity index (χ1n) is 5.50. The molecule has 0 spiro atoms. The number of carbonyl (C=O) groups excluding carboxylic acids is 1. The number of aldehydes is 1. The van der Waals surface area contributed by atoms with Gasteiger partial charge in [-0.2, -0.15) is 0 Å². The quantitative estimate of drug-likeness (QED) is 0.749. The molecule has 86 valence electrons. The van der Waals surface area contributed by atoms with Gasteiger partial charge in [-0.1, -0.05) is 48.5 Å². The molecule has 0 amide bonds. The zero-order chi connectivity index (χ0) is 12.1. The molecule has 2 rings (SSSR count). The van der Waals surface area contributed by atoms with Crippen LogP contribution in [0, 0.1) is 0 Å². The molecule has 17 heavy (non-hydrogen) atoms. The third-order valence-electron chi connectivity index (χ3n) is 2.77. The van der Waals surface area contributed by atoms with Gasteiger partial charge in [-0.15, -0.1) is 0 Å². The Kier molecular flexibility index (Phi) is 3.55. The number of para-hydroxylation sites is 1. The van der Waals surface area contributed by atoms with Gasteiger partial charge in [0.05, 0.1) is 13.0 Å². The maximum absolute atomic E-state index is 11.3. The van der Waals surface area contributed by atoms with E-state index in [1.54, 1.807) is 7.11 Å². The van der Waals surface area contributed by atoms with E-state index in [0.717, 1.165) is 23.2 Å². The van der Waals surface area contributed by atoms with Crippen LogP contribution < -0.4 is 4.74 Å². The van der Waals surface area contributed by atoms with Gasteiger partial charge in [-0.3, -0.25) is 0 Å². The smallest absolute Gasteiger partial charge is 0.131 e. The molecule has 0 N–H and O–H groups in total. The highest BCUT2D eigenvalue weighted by Gasteiger charge is 2.16. The lowest BCUT2D eigenvalue weighted by molar-refractivity contribution is -0.108. The van der Waals surface area contributed by atoms with Crippen LogP contribution in [0.3, 0.4) is 0 Å². The lowest BCUT2D eigenvalue weighted by atomic mass is 9.92. The molecule has 1 unspecified atom stereocenters. The van der Waals surface area contributed by atoms with Crippen molar-refractivity contribution in [2.45, 2.75) is 5.92 Å². The van der Waals surface area contributed by atoms with Gasteiger partial charge in [0, 0.05) is 5.56 Å². The molecule has 0 aromatic heterocycles. The van der Waals surface area contributed by atoms with Gasteiger partial charge in [0.25, 0.3) is 0 Å². The largest absolute Gasteiger partial charge is 0.496 e. The van der Waals surface area contributed by atoms with Crippen LogP contribution in [0.4, 0.5) is 0 Å². The predicted octanol–water partition coefficient (Wildman–Crippen LogP) is 3.03. The van der Waals surface area contributed by atoms with Crippen molar-refractivity contribution >= 4 is 6.29 Å². The Balaban J connectivity index is 2.46. The summed E-state index contributed by atoms with van der Waals surface area (Å²) in [5, 5.41) is 0. The van der Waals surface area contributed by atoms with Gasteiger partial charge in [-0.25, -0.2) is 0 Å². The Labute approximate surface area is 101 Å². The van der Waals surface area contributed by atoms with E-state index in [1.165, 1.54) is 0 Å². The molecule has 0 heterocycles. The molecule has 0 fully saturated rings. The molecule has 0 aliphatic heterocycles. The van der Waals surface area contributed by atoms with Gasteiger partial charge >= 0.3 is 0 Å². The van der Waals surface area contributed by atoms with Crippen molar-refractivity contribution in [2.24, 2.45) is 0 Å². The van der Waals surface area contributed by atoms with Gasteiger partial charge < -0.3 is 9.53 Å². The second-order valence-electron chi connectivity index (χ2n) is 3.77. The molecule has 0 bridgehead atoms. The van der Waals surface area contributed by atoms with E-state index in [-0.39, 0.29) is 5.92 Å². The van der Waals surface area contributed by atoms with Crippen molar-refractivity contribution in [3.05, 3.63) is 65.7 Å². The molecule has 0 saturated heterocycles. The van der Waals surface area contributed by atoms with E-state index in [2.05, 4.69) is 0 Å². The number of hydrogen-bond acceptors (Lipinski definition) is 2. The van der Waals surface area contributed by atoms with Crippen LogP contribution in [0.25, 0.3) is 0 Å². The fourth-order valence-electron chi connectivity index (χ4n) is 1.92. The van der Waals surface area contributed by atoms with Crippen molar-refractivity contribution < 1.29 is 9.53 Å². The third kappa shape index (κ3) is 2.36. The Bertz CT molecular complexity index is 491. The fraction of sp³-hybridized carbons (Fsp3) is 0.133. The Morgan fingerprint density at radius 1 is 1.00 bits per heavy atom. The van der Waals surface area contributed by atoms with E-state index in [0.29, 0.717) is 0 Å². The molecule has 2 heteroatoms. The molecule has 2 aromatic carbocycles. The molecular formula is C15H14O2. The van der Waals surface area contributed by atoms with E-state index in [4.69, 9.17) is 4.74 Å². The second kappa shape index (κ2) is 5.30. The fourth-order valence-corrected chi connectivity index (χ4v) is 1.92. The molecule has 0 aliphatic rings. The van der Waals surface area contributed by atoms with Crippen molar-refractivity contribution in [1.29, 1.82) is 0 Å². The van der Waals surface area contributed by atoms with Crippen molar-refractivity contribution in [3.8, 4) is 5.75 Å². The third-order valence-corrected chi connectivity index (χ3v) is 2.77. The van der Waals surface area contributed by atoms with Crippen LogP contribution >= 0.6 is 0 Å². The standard InChI is InChI=1S/C15H14O2/c1-17-15-10-6-5-9-13(15)14(11-16)12-7-3-2-4-8-12/h2-11,14H,1H3. The second-order valence-corrected chi connectivity index (χ2v) is 3.77. The summed E-state index contributed by atoms with van der Waals surface area (Å²) in [5.41, 5.74) is 1.88. The van der Waals surface area contributed by atoms with Crippen LogP contribution in [0.2, 0.25) is 0 Å². The maximum atomic E-state index is 11.3. The average Bonchev–Trinajstić information content (AvgIpc) is 2.41. The average molecular weight is 226 g/mol. The molecule has 0 saturated carbocycles. The zero-order valence-corrected chi connectivity index (χ0v) is 9.67. The molecule has 0 radical (unpaired) electrons. The summed E-state index contributed by atoms with van der Waals surface area (Å²) in [6.07, 6.45) is 0.952. The summed E-state index contributed by atoms with van der Waals surface area (Å²) < 4.78 is 5.29. The Morgan fingerprint density at radius 3 is 2.29 bits per heavy atom. The lowest BCUT2D eigenvalue weighted by Crippen LogP contribution is -2.04. The highest BCUT2D eigenvalue weighted by Crippen LogP contribution is 2.29. The van der Waals surface area contributed by atoms with Gasteiger partial charge in [-0.05, 0) is 11.6 Å². The zero-order valence-electron chi connectivity index (χ0n) is 9.67. The number of ether oxygens (including phenoxy) is 1. The van der Waals surface area contributed by atoms with Crippen LogP contribution in [-0.2, 0) is 4.79 Å². The first kappa shape index (κ1) is 11.4. The minimum atomic E-state index is -0.271. The van der Waals surface area contributed by atoms with Crippen molar-refractivity contribution in [1.82, 2.24) is 0 Å². The highest BCUT2D eigenvalue weighted by molar-refractivity contribution is 5.70. The number of methoxy groups -OCH3 is 1. The monoisotopic (exact) mass is 226 g/mol. The molecule has 2 nitrogen and oxygen atoms in total. The molecule has 2 aromatic rings. The number of benzene rings is 2. The summed E-state index contributed by atoms with van der Waals surface area (Å²) in [7, 11) is 1.62. The van der Waals surface area contributed by atoms with Gasteiger partial charge in [0.2, 0.25) is 0 Å². The van der Waals surface area contributed by atoms with E-state index in [1.807, 2.05) is 54.6 Å². The van der Waals surface area contributed by atoms with E-state index < -0.39 is 0 Å². The summed E-state index contributed by atoms with van der Waals surface area (Å²) in [6, 6.07) is 17.3. The van der Waals surface area contributed by atoms with E-state index in [9.17, 15) is 4.79 Å². The number of hydrogen-bond donors (Lipinski definition) is 0. The Hall–Kier alpha value is -2.09. The van der Waals surface area contributed by atoms with E-state index >= 15 is 0 Å². The van der Waals surface area contributed by atoms with Crippen LogP contribution in [-0.4, -0.2) is 13.4 Å². The van der Waals surface area contributed by atoms with Crippen LogP contribution in [0.5, 0.6) is 5.75 Å². The molecular weight excluding hydrogens is 212 g/mol. The summed E-state index contributed by atoms with van der Waals surface area (Å²) in [4.78, 5) is 11.3. The van der Waals surface area contributed by atoms with Gasteiger partial charge in [0.1, 0.15) is 12.0 Å². The first-order valence-corrected chi connectivity index (χ1v) is 5.50. The minimum Gasteiger partial charge on any atom is -0.496 e. The van der Waals surface area contributed by atoms with Crippen molar-refractivity contribution in [2.75, 3.05) is 7.11 Å². The van der Waals surface area contributed by atoms with Crippen LogP contribution in [0.1, 0.15) is 17.0 Å². The number of rotatable bonds is 4. The first-order chi connectivity index (χ1) is 8.36. The maximum Gasteiger partial charge on any atom is 0.131 e. The SMILES string of the molecule is COc1ccccc1C(C=O)c1ccccc1. The lowest BCUT2D eigenvalue weighted by Gasteiger charge is -2.14.